The summed E-state index contributed by atoms with van der Waals surface area (Å²) in [7, 11) is -2.10. The number of rotatable bonds is 5. The summed E-state index contributed by atoms with van der Waals surface area (Å²) in [6.07, 6.45) is 3.21. The van der Waals surface area contributed by atoms with Crippen LogP contribution in [0.5, 0.6) is 5.75 Å². The first-order valence-electron chi connectivity index (χ1n) is 8.87. The predicted octanol–water partition coefficient (Wildman–Crippen LogP) is 3.55. The van der Waals surface area contributed by atoms with Gasteiger partial charge in [0.1, 0.15) is 5.75 Å². The number of piperazine rings is 1. The third-order valence-electron chi connectivity index (χ3n) is 4.61. The second-order valence-electron chi connectivity index (χ2n) is 6.41. The van der Waals surface area contributed by atoms with E-state index in [0.29, 0.717) is 18.1 Å². The van der Waals surface area contributed by atoms with E-state index < -0.39 is 10.0 Å². The van der Waals surface area contributed by atoms with E-state index in [2.05, 4.69) is 0 Å². The Hall–Kier alpha value is -2.06. The smallest absolute Gasteiger partial charge is 0.246 e. The molecule has 6 nitrogen and oxygen atoms in total. The maximum Gasteiger partial charge on any atom is 0.246 e. The lowest BCUT2D eigenvalue weighted by atomic mass is 10.2. The van der Waals surface area contributed by atoms with Crippen molar-refractivity contribution >= 4 is 45.2 Å². The molecule has 0 spiro atoms. The van der Waals surface area contributed by atoms with Crippen LogP contribution in [0.1, 0.15) is 5.56 Å². The second-order valence-corrected chi connectivity index (χ2v) is 9.16. The summed E-state index contributed by atoms with van der Waals surface area (Å²) < 4.78 is 32.0. The molecule has 1 heterocycles. The topological polar surface area (TPSA) is 66.9 Å². The maximum absolute atomic E-state index is 12.8. The summed E-state index contributed by atoms with van der Waals surface area (Å²) in [4.78, 5) is 14.1. The van der Waals surface area contributed by atoms with Gasteiger partial charge in [-0.3, -0.25) is 4.79 Å². The normalized spacial score (nSPS) is 15.6. The van der Waals surface area contributed by atoms with Gasteiger partial charge in [0.2, 0.25) is 15.9 Å². The molecule has 0 N–H and O–H groups in total. The summed E-state index contributed by atoms with van der Waals surface area (Å²) in [6, 6.07) is 11.6. The standard InChI is InChI=1S/C20H20Cl2N2O4S/c1-28-16-5-2-15(3-6-16)4-9-20(25)23-10-12-24(13-11-23)29(26,27)17-7-8-18(21)19(22)14-17/h2-9,14H,10-13H2,1H3/b9-4+. The van der Waals surface area contributed by atoms with Crippen molar-refractivity contribution in [2.75, 3.05) is 33.3 Å². The molecule has 154 valence electrons. The Bertz CT molecular complexity index is 1020. The van der Waals surface area contributed by atoms with E-state index in [1.54, 1.807) is 18.1 Å². The molecule has 2 aromatic rings. The number of nitrogens with zero attached hydrogens (tertiary/aromatic N) is 2. The van der Waals surface area contributed by atoms with Gasteiger partial charge in [-0.15, -0.1) is 0 Å². The summed E-state index contributed by atoms with van der Waals surface area (Å²) in [5.41, 5.74) is 0.875. The Morgan fingerprint density at radius 2 is 1.66 bits per heavy atom. The van der Waals surface area contributed by atoms with Crippen molar-refractivity contribution in [2.45, 2.75) is 4.90 Å². The van der Waals surface area contributed by atoms with Crippen LogP contribution in [0.4, 0.5) is 0 Å². The largest absolute Gasteiger partial charge is 0.497 e. The van der Waals surface area contributed by atoms with E-state index in [1.807, 2.05) is 24.3 Å². The molecule has 0 aliphatic carbocycles. The molecule has 0 bridgehead atoms. The number of amides is 1. The van der Waals surface area contributed by atoms with Crippen LogP contribution in [-0.2, 0) is 14.8 Å². The number of sulfonamides is 1. The Kier molecular flexibility index (Phi) is 6.85. The van der Waals surface area contributed by atoms with E-state index in [0.717, 1.165) is 11.3 Å². The van der Waals surface area contributed by atoms with Crippen molar-refractivity contribution in [3.8, 4) is 5.75 Å². The molecule has 0 saturated carbocycles. The van der Waals surface area contributed by atoms with Crippen molar-refractivity contribution in [1.29, 1.82) is 0 Å². The molecule has 1 aliphatic heterocycles. The molecule has 0 radical (unpaired) electrons. The van der Waals surface area contributed by atoms with Crippen molar-refractivity contribution in [1.82, 2.24) is 9.21 Å². The fourth-order valence-corrected chi connectivity index (χ4v) is 4.73. The van der Waals surface area contributed by atoms with Gasteiger partial charge < -0.3 is 9.64 Å². The summed E-state index contributed by atoms with van der Waals surface area (Å²) >= 11 is 11.8. The van der Waals surface area contributed by atoms with Gasteiger partial charge in [0.15, 0.2) is 0 Å². The first kappa shape index (κ1) is 21.6. The molecule has 3 rings (SSSR count). The van der Waals surface area contributed by atoms with Crippen LogP contribution in [-0.4, -0.2) is 56.8 Å². The first-order valence-corrected chi connectivity index (χ1v) is 11.1. The van der Waals surface area contributed by atoms with Gasteiger partial charge in [-0.05, 0) is 42.0 Å². The summed E-state index contributed by atoms with van der Waals surface area (Å²) in [5, 5.41) is 0.481. The minimum Gasteiger partial charge on any atom is -0.497 e. The van der Waals surface area contributed by atoms with Gasteiger partial charge in [-0.2, -0.15) is 4.31 Å². The second kappa shape index (κ2) is 9.17. The van der Waals surface area contributed by atoms with Gasteiger partial charge in [0.25, 0.3) is 0 Å². The molecule has 1 saturated heterocycles. The van der Waals surface area contributed by atoms with Gasteiger partial charge in [0, 0.05) is 32.3 Å². The lowest BCUT2D eigenvalue weighted by Gasteiger charge is -2.33. The van der Waals surface area contributed by atoms with Gasteiger partial charge in [0.05, 0.1) is 22.1 Å². The van der Waals surface area contributed by atoms with E-state index in [9.17, 15) is 13.2 Å². The van der Waals surface area contributed by atoms with E-state index in [4.69, 9.17) is 27.9 Å². The quantitative estimate of drug-likeness (QED) is 0.647. The van der Waals surface area contributed by atoms with Crippen LogP contribution in [0, 0.1) is 0 Å². The third kappa shape index (κ3) is 5.11. The summed E-state index contributed by atoms with van der Waals surface area (Å²) in [6.45, 7) is 1.05. The Balaban J connectivity index is 1.61. The van der Waals surface area contributed by atoms with E-state index in [-0.39, 0.29) is 28.9 Å². The predicted molar refractivity (Wildman–Crippen MR) is 114 cm³/mol. The van der Waals surface area contributed by atoms with E-state index in [1.165, 1.54) is 28.6 Å². The minimum absolute atomic E-state index is 0.0890. The zero-order valence-corrected chi connectivity index (χ0v) is 18.0. The highest BCUT2D eigenvalue weighted by molar-refractivity contribution is 7.89. The molecular formula is C20H20Cl2N2O4S. The molecule has 2 aromatic carbocycles. The van der Waals surface area contributed by atoms with Crippen LogP contribution < -0.4 is 4.74 Å². The Morgan fingerprint density at radius 3 is 2.24 bits per heavy atom. The summed E-state index contributed by atoms with van der Waals surface area (Å²) in [5.74, 6) is 0.584. The van der Waals surface area contributed by atoms with Crippen LogP contribution in [0.15, 0.2) is 53.4 Å². The number of benzene rings is 2. The molecule has 1 amide bonds. The van der Waals surface area contributed by atoms with Crippen molar-refractivity contribution in [3.05, 3.63) is 64.1 Å². The van der Waals surface area contributed by atoms with Crippen molar-refractivity contribution in [2.24, 2.45) is 0 Å². The molecule has 29 heavy (non-hydrogen) atoms. The lowest BCUT2D eigenvalue weighted by molar-refractivity contribution is -0.127. The molecular weight excluding hydrogens is 435 g/mol. The minimum atomic E-state index is -3.69. The number of hydrogen-bond donors (Lipinski definition) is 0. The first-order chi connectivity index (χ1) is 13.8. The highest BCUT2D eigenvalue weighted by atomic mass is 35.5. The van der Waals surface area contributed by atoms with Gasteiger partial charge in [-0.25, -0.2) is 8.42 Å². The average Bonchev–Trinajstić information content (AvgIpc) is 2.74. The van der Waals surface area contributed by atoms with Gasteiger partial charge >= 0.3 is 0 Å². The molecule has 9 heteroatoms. The number of ether oxygens (including phenoxy) is 1. The molecule has 0 aromatic heterocycles. The van der Waals surface area contributed by atoms with Crippen LogP contribution in [0.2, 0.25) is 10.0 Å². The van der Waals surface area contributed by atoms with Crippen molar-refractivity contribution in [3.63, 3.8) is 0 Å². The fourth-order valence-electron chi connectivity index (χ4n) is 2.92. The number of methoxy groups -OCH3 is 1. The maximum atomic E-state index is 12.8. The number of carbonyl (C=O) groups is 1. The third-order valence-corrected chi connectivity index (χ3v) is 7.25. The van der Waals surface area contributed by atoms with E-state index >= 15 is 0 Å². The zero-order valence-electron chi connectivity index (χ0n) is 15.7. The molecule has 0 atom stereocenters. The lowest BCUT2D eigenvalue weighted by Crippen LogP contribution is -2.50. The SMILES string of the molecule is COc1ccc(/C=C/C(=O)N2CCN(S(=O)(=O)c3ccc(Cl)c(Cl)c3)CC2)cc1. The zero-order chi connectivity index (χ0) is 21.0. The van der Waals surface area contributed by atoms with Crippen LogP contribution >= 0.6 is 23.2 Å². The molecule has 0 unspecified atom stereocenters. The highest BCUT2D eigenvalue weighted by Gasteiger charge is 2.29. The molecule has 1 aliphatic rings. The number of carbonyl (C=O) groups excluding carboxylic acids is 1. The number of hydrogen-bond acceptors (Lipinski definition) is 4. The monoisotopic (exact) mass is 454 g/mol. The Labute approximate surface area is 180 Å². The Morgan fingerprint density at radius 1 is 1.00 bits per heavy atom. The average molecular weight is 455 g/mol. The molecule has 1 fully saturated rings. The highest BCUT2D eigenvalue weighted by Crippen LogP contribution is 2.27. The van der Waals surface area contributed by atoms with Crippen LogP contribution in [0.3, 0.4) is 0 Å². The van der Waals surface area contributed by atoms with Crippen LogP contribution in [0.25, 0.3) is 6.08 Å². The van der Waals surface area contributed by atoms with Crippen molar-refractivity contribution < 1.29 is 17.9 Å². The number of halogens is 2. The van der Waals surface area contributed by atoms with Gasteiger partial charge in [-0.1, -0.05) is 35.3 Å². The fraction of sp³-hybridized carbons (Fsp3) is 0.250.